The van der Waals surface area contributed by atoms with E-state index in [9.17, 15) is 0 Å². The summed E-state index contributed by atoms with van der Waals surface area (Å²) in [4.78, 5) is 2.73. The second-order valence-electron chi connectivity index (χ2n) is 7.69. The summed E-state index contributed by atoms with van der Waals surface area (Å²) < 4.78 is 0. The smallest absolute Gasteiger partial charge is 0.0118 e. The van der Waals surface area contributed by atoms with Crippen molar-refractivity contribution in [1.29, 1.82) is 0 Å². The van der Waals surface area contributed by atoms with Crippen LogP contribution in [-0.2, 0) is 0 Å². The summed E-state index contributed by atoms with van der Waals surface area (Å²) in [6.45, 7) is 4.99. The Morgan fingerprint density at radius 2 is 1.65 bits per heavy atom. The van der Waals surface area contributed by atoms with E-state index in [0.717, 1.165) is 12.0 Å². The van der Waals surface area contributed by atoms with Crippen LogP contribution in [0.2, 0.25) is 0 Å². The molecule has 2 heteroatoms. The summed E-state index contributed by atoms with van der Waals surface area (Å²) in [6.07, 6.45) is 14.4. The molecular formula is C18H36N2. The molecule has 0 spiro atoms. The van der Waals surface area contributed by atoms with E-state index in [2.05, 4.69) is 31.2 Å². The lowest BCUT2D eigenvalue weighted by Crippen LogP contribution is -2.48. The molecule has 2 atom stereocenters. The molecule has 2 unspecified atom stereocenters. The highest BCUT2D eigenvalue weighted by atomic mass is 15.1. The third-order valence-electron chi connectivity index (χ3n) is 5.93. The normalized spacial score (nSPS) is 31.2. The van der Waals surface area contributed by atoms with E-state index in [1.807, 2.05) is 0 Å². The second-order valence-corrected chi connectivity index (χ2v) is 7.69. The Bertz CT molecular complexity index is 269. The number of nitrogens with zero attached hydrogens (tertiary/aromatic N) is 1. The Morgan fingerprint density at radius 3 is 2.25 bits per heavy atom. The molecule has 0 saturated heterocycles. The van der Waals surface area contributed by atoms with Crippen molar-refractivity contribution < 1.29 is 0 Å². The summed E-state index contributed by atoms with van der Waals surface area (Å²) in [5, 5.41) is 3.50. The minimum Gasteiger partial charge on any atom is -0.319 e. The molecule has 2 aliphatic rings. The Kier molecular flexibility index (Phi) is 6.35. The summed E-state index contributed by atoms with van der Waals surface area (Å²) >= 11 is 0. The predicted molar refractivity (Wildman–Crippen MR) is 88.1 cm³/mol. The van der Waals surface area contributed by atoms with Crippen LogP contribution < -0.4 is 5.32 Å². The maximum absolute atomic E-state index is 3.50. The van der Waals surface area contributed by atoms with Gasteiger partial charge in [-0.15, -0.1) is 0 Å². The lowest BCUT2D eigenvalue weighted by atomic mass is 9.78. The van der Waals surface area contributed by atoms with Crippen LogP contribution in [0.1, 0.15) is 71.1 Å². The quantitative estimate of drug-likeness (QED) is 0.764. The van der Waals surface area contributed by atoms with Crippen LogP contribution in [0.5, 0.6) is 0 Å². The van der Waals surface area contributed by atoms with E-state index in [1.165, 1.54) is 77.3 Å². The second kappa shape index (κ2) is 7.79. The van der Waals surface area contributed by atoms with E-state index >= 15 is 0 Å². The van der Waals surface area contributed by atoms with Crippen molar-refractivity contribution in [3.63, 3.8) is 0 Å². The third kappa shape index (κ3) is 4.21. The van der Waals surface area contributed by atoms with Crippen LogP contribution in [0.3, 0.4) is 0 Å². The topological polar surface area (TPSA) is 15.3 Å². The van der Waals surface area contributed by atoms with Crippen molar-refractivity contribution in [3.8, 4) is 0 Å². The molecule has 2 saturated carbocycles. The van der Waals surface area contributed by atoms with E-state index in [1.54, 1.807) is 0 Å². The van der Waals surface area contributed by atoms with Gasteiger partial charge in [-0.05, 0) is 51.1 Å². The lowest BCUT2D eigenvalue weighted by Gasteiger charge is -2.43. The first-order chi connectivity index (χ1) is 9.67. The average molecular weight is 280 g/mol. The molecule has 2 aliphatic carbocycles. The fraction of sp³-hybridized carbons (Fsp3) is 1.00. The van der Waals surface area contributed by atoms with Gasteiger partial charge >= 0.3 is 0 Å². The van der Waals surface area contributed by atoms with Crippen LogP contribution >= 0.6 is 0 Å². The van der Waals surface area contributed by atoms with Gasteiger partial charge in [-0.3, -0.25) is 0 Å². The van der Waals surface area contributed by atoms with Gasteiger partial charge in [0.05, 0.1) is 0 Å². The molecule has 20 heavy (non-hydrogen) atoms. The maximum Gasteiger partial charge on any atom is 0.0118 e. The monoisotopic (exact) mass is 280 g/mol. The lowest BCUT2D eigenvalue weighted by molar-refractivity contribution is 0.0739. The molecule has 0 aromatic heterocycles. The highest BCUT2D eigenvalue weighted by Crippen LogP contribution is 2.37. The van der Waals surface area contributed by atoms with Crippen molar-refractivity contribution in [3.05, 3.63) is 0 Å². The van der Waals surface area contributed by atoms with Crippen LogP contribution in [0, 0.1) is 11.3 Å². The molecule has 118 valence electrons. The van der Waals surface area contributed by atoms with Crippen LogP contribution in [0.4, 0.5) is 0 Å². The molecular weight excluding hydrogens is 244 g/mol. The first-order valence-corrected chi connectivity index (χ1v) is 9.02. The zero-order valence-corrected chi connectivity index (χ0v) is 14.1. The van der Waals surface area contributed by atoms with E-state index in [4.69, 9.17) is 0 Å². The third-order valence-corrected chi connectivity index (χ3v) is 5.93. The molecule has 1 N–H and O–H groups in total. The van der Waals surface area contributed by atoms with Gasteiger partial charge in [0.25, 0.3) is 0 Å². The maximum atomic E-state index is 3.50. The highest BCUT2D eigenvalue weighted by Gasteiger charge is 2.34. The predicted octanol–water partition coefficient (Wildman–Crippen LogP) is 4.06. The molecule has 2 nitrogen and oxygen atoms in total. The Labute approximate surface area is 126 Å². The molecule has 0 bridgehead atoms. The van der Waals surface area contributed by atoms with Gasteiger partial charge in [0.2, 0.25) is 0 Å². The van der Waals surface area contributed by atoms with E-state index < -0.39 is 0 Å². The zero-order chi connectivity index (χ0) is 14.4. The fourth-order valence-corrected chi connectivity index (χ4v) is 4.84. The minimum atomic E-state index is 0.539. The van der Waals surface area contributed by atoms with E-state index in [0.29, 0.717) is 5.41 Å². The minimum absolute atomic E-state index is 0.539. The number of rotatable bonds is 5. The fourth-order valence-electron chi connectivity index (χ4n) is 4.84. The summed E-state index contributed by atoms with van der Waals surface area (Å²) in [5.74, 6) is 0.895. The van der Waals surface area contributed by atoms with Crippen LogP contribution in [-0.4, -0.2) is 38.1 Å². The highest BCUT2D eigenvalue weighted by molar-refractivity contribution is 4.89. The average Bonchev–Trinajstić information content (AvgIpc) is 2.65. The molecule has 0 aliphatic heterocycles. The van der Waals surface area contributed by atoms with Gasteiger partial charge in [0, 0.05) is 19.1 Å². The SMILES string of the molecule is CNCC1(CN(C)C2CCCCC2C)CCCCCC1. The summed E-state index contributed by atoms with van der Waals surface area (Å²) in [7, 11) is 4.53. The van der Waals surface area contributed by atoms with Gasteiger partial charge in [-0.2, -0.15) is 0 Å². The largest absolute Gasteiger partial charge is 0.319 e. The van der Waals surface area contributed by atoms with Crippen LogP contribution in [0.25, 0.3) is 0 Å². The number of nitrogens with one attached hydrogen (secondary N) is 1. The first-order valence-electron chi connectivity index (χ1n) is 9.02. The molecule has 0 aromatic carbocycles. The Balaban J connectivity index is 1.98. The van der Waals surface area contributed by atoms with Crippen molar-refractivity contribution in [2.45, 2.75) is 77.2 Å². The molecule has 0 heterocycles. The summed E-state index contributed by atoms with van der Waals surface area (Å²) in [6, 6.07) is 0.834. The van der Waals surface area contributed by atoms with Crippen molar-refractivity contribution in [2.24, 2.45) is 11.3 Å². The molecule has 2 rings (SSSR count). The van der Waals surface area contributed by atoms with Gasteiger partial charge in [-0.1, -0.05) is 45.4 Å². The molecule has 2 fully saturated rings. The van der Waals surface area contributed by atoms with Crippen molar-refractivity contribution in [1.82, 2.24) is 10.2 Å². The Hall–Kier alpha value is -0.0800. The molecule has 0 radical (unpaired) electrons. The standard InChI is InChI=1S/C18H36N2/c1-16-10-6-7-11-17(16)20(3)15-18(14-19-2)12-8-4-5-9-13-18/h16-17,19H,4-15H2,1-3H3. The number of hydrogen-bond acceptors (Lipinski definition) is 2. The van der Waals surface area contributed by atoms with Gasteiger partial charge in [-0.25, -0.2) is 0 Å². The number of hydrogen-bond donors (Lipinski definition) is 1. The van der Waals surface area contributed by atoms with Crippen molar-refractivity contribution in [2.75, 3.05) is 27.2 Å². The summed E-state index contributed by atoms with van der Waals surface area (Å²) in [5.41, 5.74) is 0.539. The van der Waals surface area contributed by atoms with Gasteiger partial charge < -0.3 is 10.2 Å². The molecule has 0 amide bonds. The first kappa shape index (κ1) is 16.3. The zero-order valence-electron chi connectivity index (χ0n) is 14.1. The molecule has 0 aromatic rings. The van der Waals surface area contributed by atoms with Gasteiger partial charge in [0.15, 0.2) is 0 Å². The van der Waals surface area contributed by atoms with Gasteiger partial charge in [0.1, 0.15) is 0 Å². The van der Waals surface area contributed by atoms with Crippen molar-refractivity contribution >= 4 is 0 Å². The Morgan fingerprint density at radius 1 is 1.00 bits per heavy atom. The van der Waals surface area contributed by atoms with E-state index in [-0.39, 0.29) is 0 Å². The van der Waals surface area contributed by atoms with Crippen LogP contribution in [0.15, 0.2) is 0 Å².